The quantitative estimate of drug-likeness (QED) is 0.569. The molecule has 1 amide bonds. The van der Waals surface area contributed by atoms with E-state index in [1.165, 1.54) is 18.2 Å². The van der Waals surface area contributed by atoms with Gasteiger partial charge in [-0.05, 0) is 60.9 Å². The van der Waals surface area contributed by atoms with Crippen molar-refractivity contribution in [1.82, 2.24) is 9.97 Å². The fourth-order valence-electron chi connectivity index (χ4n) is 4.14. The van der Waals surface area contributed by atoms with Crippen LogP contribution in [0.25, 0.3) is 10.6 Å². The molecule has 0 spiro atoms. The molecule has 0 saturated heterocycles. The first kappa shape index (κ1) is 20.4. The number of hydrogen-bond donors (Lipinski definition) is 3. The number of benzene rings is 1. The van der Waals surface area contributed by atoms with Crippen LogP contribution < -0.4 is 11.1 Å². The van der Waals surface area contributed by atoms with E-state index in [0.29, 0.717) is 16.6 Å². The molecule has 1 fully saturated rings. The summed E-state index contributed by atoms with van der Waals surface area (Å²) in [5, 5.41) is 14.4. The minimum Gasteiger partial charge on any atom is -0.508 e. The summed E-state index contributed by atoms with van der Waals surface area (Å²) >= 11 is 1.14. The van der Waals surface area contributed by atoms with Crippen LogP contribution in [0.5, 0.6) is 5.75 Å². The molecule has 3 unspecified atom stereocenters. The van der Waals surface area contributed by atoms with Crippen LogP contribution in [0.4, 0.5) is 10.1 Å². The van der Waals surface area contributed by atoms with Crippen LogP contribution >= 0.6 is 11.3 Å². The molecule has 6 nitrogen and oxygen atoms in total. The van der Waals surface area contributed by atoms with Crippen molar-refractivity contribution in [2.75, 3.05) is 5.32 Å². The van der Waals surface area contributed by atoms with Crippen LogP contribution in [-0.4, -0.2) is 27.0 Å². The Kier molecular flexibility index (Phi) is 5.78. The van der Waals surface area contributed by atoms with Gasteiger partial charge in [0.25, 0.3) is 5.91 Å². The van der Waals surface area contributed by atoms with Crippen molar-refractivity contribution in [1.29, 1.82) is 0 Å². The first-order valence-corrected chi connectivity index (χ1v) is 10.7. The highest BCUT2D eigenvalue weighted by molar-refractivity contribution is 7.13. The van der Waals surface area contributed by atoms with E-state index >= 15 is 0 Å². The van der Waals surface area contributed by atoms with E-state index < -0.39 is 5.82 Å². The Labute approximate surface area is 178 Å². The molecule has 4 rings (SSSR count). The SMILES string of the molecule is CC1CC(N)CC(c2ccncc2NC(=O)c2csc(-c3cc(O)ccc3F)n2)C1. The van der Waals surface area contributed by atoms with Gasteiger partial charge in [0.1, 0.15) is 22.3 Å². The standard InChI is InChI=1S/C22H23FN4O2S/c1-12-6-13(8-14(24)7-12)16-4-5-25-10-19(16)26-21(29)20-11-30-22(27-20)17-9-15(28)2-3-18(17)23/h2-5,9-14,28H,6-8,24H2,1H3,(H,26,29). The van der Waals surface area contributed by atoms with Crippen LogP contribution in [0, 0.1) is 11.7 Å². The zero-order valence-corrected chi connectivity index (χ0v) is 17.3. The lowest BCUT2D eigenvalue weighted by Gasteiger charge is -2.32. The largest absolute Gasteiger partial charge is 0.508 e. The number of anilines is 1. The predicted octanol–water partition coefficient (Wildman–Crippen LogP) is 4.53. The van der Waals surface area contributed by atoms with Gasteiger partial charge >= 0.3 is 0 Å². The molecule has 4 N–H and O–H groups in total. The predicted molar refractivity (Wildman–Crippen MR) is 115 cm³/mol. The Morgan fingerprint density at radius 3 is 2.93 bits per heavy atom. The number of amides is 1. The molecule has 2 heterocycles. The molecule has 3 atom stereocenters. The summed E-state index contributed by atoms with van der Waals surface area (Å²) < 4.78 is 14.1. The molecular weight excluding hydrogens is 403 g/mol. The molecule has 1 aromatic carbocycles. The van der Waals surface area contributed by atoms with Gasteiger partial charge in [-0.15, -0.1) is 11.3 Å². The lowest BCUT2D eigenvalue weighted by molar-refractivity contribution is 0.102. The molecule has 1 saturated carbocycles. The molecule has 8 heteroatoms. The minimum absolute atomic E-state index is 0.0625. The summed E-state index contributed by atoms with van der Waals surface area (Å²) in [6.07, 6.45) is 6.26. The number of halogens is 1. The van der Waals surface area contributed by atoms with E-state index in [2.05, 4.69) is 22.2 Å². The smallest absolute Gasteiger partial charge is 0.275 e. The first-order chi connectivity index (χ1) is 14.4. The number of carbonyl (C=O) groups excluding carboxylic acids is 1. The number of nitrogens with one attached hydrogen (secondary N) is 1. The summed E-state index contributed by atoms with van der Waals surface area (Å²) in [5.74, 6) is -0.178. The summed E-state index contributed by atoms with van der Waals surface area (Å²) in [7, 11) is 0. The second kappa shape index (κ2) is 8.49. The lowest BCUT2D eigenvalue weighted by Crippen LogP contribution is -2.31. The summed E-state index contributed by atoms with van der Waals surface area (Å²) in [6, 6.07) is 5.81. The Hall–Kier alpha value is -2.84. The Balaban J connectivity index is 1.56. The molecule has 1 aliphatic rings. The zero-order chi connectivity index (χ0) is 21.3. The van der Waals surface area contributed by atoms with E-state index in [0.717, 1.165) is 36.2 Å². The van der Waals surface area contributed by atoms with Crippen molar-refractivity contribution in [3.63, 3.8) is 0 Å². The van der Waals surface area contributed by atoms with Gasteiger partial charge in [-0.2, -0.15) is 0 Å². The third kappa shape index (κ3) is 4.34. The molecule has 30 heavy (non-hydrogen) atoms. The van der Waals surface area contributed by atoms with Gasteiger partial charge in [-0.25, -0.2) is 9.37 Å². The molecule has 2 aromatic heterocycles. The van der Waals surface area contributed by atoms with Gasteiger partial charge in [-0.3, -0.25) is 9.78 Å². The number of pyridine rings is 1. The van der Waals surface area contributed by atoms with Crippen molar-refractivity contribution in [3.8, 4) is 16.3 Å². The van der Waals surface area contributed by atoms with Crippen molar-refractivity contribution in [3.05, 3.63) is 59.1 Å². The number of phenols is 1. The number of aromatic hydroxyl groups is 1. The van der Waals surface area contributed by atoms with Gasteiger partial charge in [0, 0.05) is 23.2 Å². The van der Waals surface area contributed by atoms with Crippen LogP contribution in [0.15, 0.2) is 42.0 Å². The maximum absolute atomic E-state index is 14.1. The molecule has 0 radical (unpaired) electrons. The highest BCUT2D eigenvalue weighted by atomic mass is 32.1. The average Bonchev–Trinajstić information content (AvgIpc) is 3.19. The second-order valence-corrected chi connectivity index (χ2v) is 8.75. The summed E-state index contributed by atoms with van der Waals surface area (Å²) in [5.41, 5.74) is 8.22. The molecule has 0 bridgehead atoms. The number of phenolic OH excluding ortho intramolecular Hbond substituents is 1. The molecule has 156 valence electrons. The third-order valence-corrected chi connectivity index (χ3v) is 6.31. The van der Waals surface area contributed by atoms with E-state index in [-0.39, 0.29) is 34.9 Å². The summed E-state index contributed by atoms with van der Waals surface area (Å²) in [4.78, 5) is 21.2. The van der Waals surface area contributed by atoms with Crippen molar-refractivity contribution >= 4 is 22.9 Å². The van der Waals surface area contributed by atoms with Crippen molar-refractivity contribution in [2.45, 2.75) is 38.1 Å². The monoisotopic (exact) mass is 426 g/mol. The number of hydrogen-bond acceptors (Lipinski definition) is 6. The van der Waals surface area contributed by atoms with Gasteiger partial charge in [0.2, 0.25) is 0 Å². The third-order valence-electron chi connectivity index (χ3n) is 5.44. The topological polar surface area (TPSA) is 101 Å². The Bertz CT molecular complexity index is 1060. The average molecular weight is 427 g/mol. The van der Waals surface area contributed by atoms with Gasteiger partial charge in [-0.1, -0.05) is 6.92 Å². The molecule has 1 aliphatic carbocycles. The normalized spacial score (nSPS) is 21.4. The number of thiazole rings is 1. The minimum atomic E-state index is -0.508. The lowest BCUT2D eigenvalue weighted by atomic mass is 9.76. The van der Waals surface area contributed by atoms with Crippen molar-refractivity contribution < 1.29 is 14.3 Å². The van der Waals surface area contributed by atoms with Crippen LogP contribution in [0.1, 0.15) is 48.2 Å². The Morgan fingerprint density at radius 1 is 1.30 bits per heavy atom. The van der Waals surface area contributed by atoms with Crippen LogP contribution in [0.3, 0.4) is 0 Å². The van der Waals surface area contributed by atoms with E-state index in [9.17, 15) is 14.3 Å². The fraction of sp³-hybridized carbons (Fsp3) is 0.318. The second-order valence-electron chi connectivity index (χ2n) is 7.89. The maximum atomic E-state index is 14.1. The molecule has 0 aliphatic heterocycles. The number of nitrogens with two attached hydrogens (primary N) is 1. The summed E-state index contributed by atoms with van der Waals surface area (Å²) in [6.45, 7) is 2.20. The van der Waals surface area contributed by atoms with E-state index in [4.69, 9.17) is 5.73 Å². The number of nitrogens with zero attached hydrogens (tertiary/aromatic N) is 2. The van der Waals surface area contributed by atoms with Gasteiger partial charge in [0.15, 0.2) is 0 Å². The fourth-order valence-corrected chi connectivity index (χ4v) is 4.96. The molecule has 3 aromatic rings. The van der Waals surface area contributed by atoms with Gasteiger partial charge in [0.05, 0.1) is 11.9 Å². The van der Waals surface area contributed by atoms with Crippen molar-refractivity contribution in [2.24, 2.45) is 11.7 Å². The number of carbonyl (C=O) groups is 1. The zero-order valence-electron chi connectivity index (χ0n) is 16.5. The Morgan fingerprint density at radius 2 is 2.13 bits per heavy atom. The highest BCUT2D eigenvalue weighted by Crippen LogP contribution is 2.38. The highest BCUT2D eigenvalue weighted by Gasteiger charge is 2.27. The maximum Gasteiger partial charge on any atom is 0.275 e. The van der Waals surface area contributed by atoms with Crippen LogP contribution in [-0.2, 0) is 0 Å². The van der Waals surface area contributed by atoms with Gasteiger partial charge < -0.3 is 16.2 Å². The molecular formula is C22H23FN4O2S. The first-order valence-electron chi connectivity index (χ1n) is 9.86. The number of aromatic nitrogens is 2. The van der Waals surface area contributed by atoms with E-state index in [1.807, 2.05) is 6.07 Å². The van der Waals surface area contributed by atoms with E-state index in [1.54, 1.807) is 17.8 Å². The number of rotatable bonds is 4. The van der Waals surface area contributed by atoms with Crippen LogP contribution in [0.2, 0.25) is 0 Å².